The normalized spacial score (nSPS) is 19.7. The number of benzene rings is 2. The third-order valence-corrected chi connectivity index (χ3v) is 6.19. The molecule has 2 aromatic carbocycles. The van der Waals surface area contributed by atoms with Crippen LogP contribution in [0, 0.1) is 11.7 Å². The lowest BCUT2D eigenvalue weighted by molar-refractivity contribution is -0.109. The molecule has 2 heterocycles. The number of ketones is 1. The highest BCUT2D eigenvalue weighted by Gasteiger charge is 2.21. The minimum atomic E-state index is -0.370. The van der Waals surface area contributed by atoms with Crippen LogP contribution in [-0.2, 0) is 17.8 Å². The Bertz CT molecular complexity index is 892. The molecule has 1 saturated heterocycles. The molecule has 0 bridgehead atoms. The lowest BCUT2D eigenvalue weighted by Gasteiger charge is -2.32. The Kier molecular flexibility index (Phi) is 6.55. The van der Waals surface area contributed by atoms with Gasteiger partial charge in [0, 0.05) is 30.8 Å². The van der Waals surface area contributed by atoms with E-state index in [0.717, 1.165) is 62.0 Å². The van der Waals surface area contributed by atoms with Gasteiger partial charge in [-0.2, -0.15) is 0 Å². The Labute approximate surface area is 176 Å². The Balaban J connectivity index is 1.23. The van der Waals surface area contributed by atoms with Crippen LogP contribution in [0.4, 0.5) is 10.1 Å². The number of aldehydes is 1. The van der Waals surface area contributed by atoms with Crippen LogP contribution in [0.3, 0.4) is 0 Å². The monoisotopic (exact) mass is 409 g/mol. The quantitative estimate of drug-likeness (QED) is 0.542. The topological polar surface area (TPSA) is 61.4 Å². The summed E-state index contributed by atoms with van der Waals surface area (Å²) in [5.41, 5.74) is 3.85. The summed E-state index contributed by atoms with van der Waals surface area (Å²) in [5, 5.41) is 6.19. The molecule has 1 atom stereocenters. The second-order valence-electron chi connectivity index (χ2n) is 8.30. The van der Waals surface area contributed by atoms with Gasteiger partial charge in [-0.05, 0) is 79.7 Å². The van der Waals surface area contributed by atoms with Gasteiger partial charge in [-0.15, -0.1) is 0 Å². The van der Waals surface area contributed by atoms with E-state index in [1.165, 1.54) is 17.7 Å². The number of piperidine rings is 1. The van der Waals surface area contributed by atoms with Crippen LogP contribution in [0.25, 0.3) is 0 Å². The van der Waals surface area contributed by atoms with Gasteiger partial charge in [0.1, 0.15) is 12.0 Å². The van der Waals surface area contributed by atoms with Gasteiger partial charge in [0.2, 0.25) is 0 Å². The molecule has 2 N–H and O–H groups in total. The highest BCUT2D eigenvalue weighted by atomic mass is 19.1. The molecule has 2 aromatic rings. The molecule has 158 valence electrons. The molecule has 0 aliphatic carbocycles. The van der Waals surface area contributed by atoms with Gasteiger partial charge in [-0.1, -0.05) is 12.1 Å². The van der Waals surface area contributed by atoms with E-state index in [2.05, 4.69) is 15.5 Å². The van der Waals surface area contributed by atoms with E-state index in [9.17, 15) is 14.0 Å². The van der Waals surface area contributed by atoms with Crippen molar-refractivity contribution in [2.24, 2.45) is 5.92 Å². The molecule has 6 heteroatoms. The molecule has 5 nitrogen and oxygen atoms in total. The summed E-state index contributed by atoms with van der Waals surface area (Å²) >= 11 is 0. The summed E-state index contributed by atoms with van der Waals surface area (Å²) in [6, 6.07) is 12.5. The molecule has 0 spiro atoms. The van der Waals surface area contributed by atoms with E-state index in [1.54, 1.807) is 0 Å². The van der Waals surface area contributed by atoms with Crippen LogP contribution in [0.15, 0.2) is 42.5 Å². The van der Waals surface area contributed by atoms with Crippen LogP contribution in [0.1, 0.15) is 40.7 Å². The number of carbonyl (C=O) groups excluding carboxylic acids is 2. The van der Waals surface area contributed by atoms with Crippen molar-refractivity contribution in [3.8, 4) is 0 Å². The van der Waals surface area contributed by atoms with E-state index in [1.807, 2.05) is 30.3 Å². The van der Waals surface area contributed by atoms with Gasteiger partial charge >= 0.3 is 0 Å². The minimum absolute atomic E-state index is 0.156. The summed E-state index contributed by atoms with van der Waals surface area (Å²) in [7, 11) is 0. The van der Waals surface area contributed by atoms with Gasteiger partial charge in [0.15, 0.2) is 12.1 Å². The maximum absolute atomic E-state index is 13.0. The fourth-order valence-electron chi connectivity index (χ4n) is 4.35. The van der Waals surface area contributed by atoms with Crippen molar-refractivity contribution < 1.29 is 14.0 Å². The third-order valence-electron chi connectivity index (χ3n) is 6.19. The highest BCUT2D eigenvalue weighted by Crippen LogP contribution is 2.24. The average molecular weight is 410 g/mol. The number of halogens is 1. The summed E-state index contributed by atoms with van der Waals surface area (Å²) in [4.78, 5) is 25.9. The Morgan fingerprint density at radius 1 is 1.13 bits per heavy atom. The molecule has 0 aromatic heterocycles. The van der Waals surface area contributed by atoms with Crippen LogP contribution >= 0.6 is 0 Å². The Morgan fingerprint density at radius 2 is 1.90 bits per heavy atom. The molecule has 4 rings (SSSR count). The minimum Gasteiger partial charge on any atom is -0.364 e. The number of fused-ring (bicyclic) bond motifs is 1. The van der Waals surface area contributed by atoms with Crippen LogP contribution in [-0.4, -0.2) is 42.8 Å². The highest BCUT2D eigenvalue weighted by molar-refractivity contribution is 5.97. The number of anilines is 1. The third kappa shape index (κ3) is 5.12. The first-order valence-corrected chi connectivity index (χ1v) is 10.7. The predicted octanol–water partition coefficient (Wildman–Crippen LogP) is 3.39. The SMILES string of the molecule is O=CC1NCc2cc(C(=O)CCN3CCC(Cc4ccc(F)cc4)CC3)ccc2N1. The van der Waals surface area contributed by atoms with E-state index in [-0.39, 0.29) is 17.8 Å². The smallest absolute Gasteiger partial charge is 0.164 e. The van der Waals surface area contributed by atoms with Crippen LogP contribution < -0.4 is 10.6 Å². The van der Waals surface area contributed by atoms with Crippen molar-refractivity contribution in [3.05, 3.63) is 65.0 Å². The maximum Gasteiger partial charge on any atom is 0.164 e. The van der Waals surface area contributed by atoms with Gasteiger partial charge in [0.25, 0.3) is 0 Å². The lowest BCUT2D eigenvalue weighted by atomic mass is 9.90. The molecule has 1 fully saturated rings. The standard InChI is InChI=1S/C24H28FN3O2/c25-21-4-1-17(2-5-21)13-18-7-10-28(11-8-18)12-9-23(30)19-3-6-22-20(14-19)15-26-24(16-29)27-22/h1-6,14,16,18,24,26-27H,7-13,15H2. The number of hydrogen-bond acceptors (Lipinski definition) is 5. The zero-order valence-electron chi connectivity index (χ0n) is 17.1. The zero-order valence-corrected chi connectivity index (χ0v) is 17.1. The van der Waals surface area contributed by atoms with Crippen LogP contribution in [0.5, 0.6) is 0 Å². The van der Waals surface area contributed by atoms with E-state index < -0.39 is 0 Å². The average Bonchev–Trinajstić information content (AvgIpc) is 2.79. The molecule has 0 radical (unpaired) electrons. The second kappa shape index (κ2) is 9.49. The Morgan fingerprint density at radius 3 is 2.63 bits per heavy atom. The van der Waals surface area contributed by atoms with Crippen LogP contribution in [0.2, 0.25) is 0 Å². The molecule has 30 heavy (non-hydrogen) atoms. The molecule has 2 aliphatic heterocycles. The molecular weight excluding hydrogens is 381 g/mol. The summed E-state index contributed by atoms with van der Waals surface area (Å²) in [6.45, 7) is 3.37. The molecule has 1 unspecified atom stereocenters. The van der Waals surface area contributed by atoms with Gasteiger partial charge < -0.3 is 10.2 Å². The zero-order chi connectivity index (χ0) is 20.9. The number of Topliss-reactive ketones (excluding diaryl/α,β-unsaturated/α-hetero) is 1. The molecule has 0 saturated carbocycles. The number of hydrogen-bond donors (Lipinski definition) is 2. The fourth-order valence-corrected chi connectivity index (χ4v) is 4.35. The van der Waals surface area contributed by atoms with Crippen molar-refractivity contribution in [1.29, 1.82) is 0 Å². The van der Waals surface area contributed by atoms with E-state index >= 15 is 0 Å². The van der Waals surface area contributed by atoms with Gasteiger partial charge in [-0.3, -0.25) is 14.9 Å². The van der Waals surface area contributed by atoms with Crippen molar-refractivity contribution >= 4 is 17.8 Å². The predicted molar refractivity (Wildman–Crippen MR) is 115 cm³/mol. The largest absolute Gasteiger partial charge is 0.364 e. The van der Waals surface area contributed by atoms with E-state index in [0.29, 0.717) is 18.9 Å². The van der Waals surface area contributed by atoms with Crippen molar-refractivity contribution in [2.45, 2.75) is 38.4 Å². The number of nitrogens with one attached hydrogen (secondary N) is 2. The number of carbonyl (C=O) groups is 2. The fraction of sp³-hybridized carbons (Fsp3) is 0.417. The summed E-state index contributed by atoms with van der Waals surface area (Å²) in [6.07, 6.45) is 4.20. The van der Waals surface area contributed by atoms with Crippen molar-refractivity contribution in [2.75, 3.05) is 25.0 Å². The first-order chi connectivity index (χ1) is 14.6. The van der Waals surface area contributed by atoms with Crippen molar-refractivity contribution in [3.63, 3.8) is 0 Å². The maximum atomic E-state index is 13.0. The number of nitrogens with zero attached hydrogens (tertiary/aromatic N) is 1. The summed E-state index contributed by atoms with van der Waals surface area (Å²) < 4.78 is 13.0. The Hall–Kier alpha value is -2.57. The van der Waals surface area contributed by atoms with Crippen molar-refractivity contribution in [1.82, 2.24) is 10.2 Å². The van der Waals surface area contributed by atoms with E-state index in [4.69, 9.17) is 0 Å². The van der Waals surface area contributed by atoms with Gasteiger partial charge in [-0.25, -0.2) is 4.39 Å². The lowest BCUT2D eigenvalue weighted by Crippen LogP contribution is -2.41. The number of likely N-dealkylation sites (tertiary alicyclic amines) is 1. The number of rotatable bonds is 7. The molecule has 0 amide bonds. The first kappa shape index (κ1) is 20.7. The molecule has 2 aliphatic rings. The summed E-state index contributed by atoms with van der Waals surface area (Å²) in [5.74, 6) is 0.594. The molecular formula is C24H28FN3O2. The second-order valence-corrected chi connectivity index (χ2v) is 8.30. The first-order valence-electron chi connectivity index (χ1n) is 10.7. The van der Waals surface area contributed by atoms with Gasteiger partial charge in [0.05, 0.1) is 0 Å².